The Balaban J connectivity index is 5.44. The smallest absolute Gasteiger partial charge is 0.0303 e. The molecule has 0 saturated heterocycles. The molecule has 0 aromatic heterocycles. The van der Waals surface area contributed by atoms with Crippen LogP contribution in [0.15, 0.2) is 48.1 Å². The second-order valence-corrected chi connectivity index (χ2v) is 5.89. The monoisotopic (exact) mass is 274 g/mol. The summed E-state index contributed by atoms with van der Waals surface area (Å²) in [6.45, 7) is 13.3. The average molecular weight is 274 g/mol. The van der Waals surface area contributed by atoms with Gasteiger partial charge in [-0.25, -0.2) is 0 Å². The Labute approximate surface area is 127 Å². The summed E-state index contributed by atoms with van der Waals surface area (Å²) in [6.07, 6.45) is 20.9. The first-order valence-electron chi connectivity index (χ1n) is 8.17. The summed E-state index contributed by atoms with van der Waals surface area (Å²) in [7, 11) is 0. The van der Waals surface area contributed by atoms with Crippen LogP contribution in [0.2, 0.25) is 0 Å². The Kier molecular flexibility index (Phi) is 10.2. The standard InChI is InChI=1S/C20H34/c1-7-10-12-15-20(19(6)9-3,16-13-11-8-2)17-14-18(4)5/h9-10,12-14,16-18H,7-8,11,15H2,1-6H3. The first-order valence-corrected chi connectivity index (χ1v) is 8.17. The highest BCUT2D eigenvalue weighted by molar-refractivity contribution is 5.30. The molecule has 0 saturated carbocycles. The Morgan fingerprint density at radius 1 is 1.05 bits per heavy atom. The molecule has 20 heavy (non-hydrogen) atoms. The van der Waals surface area contributed by atoms with Gasteiger partial charge in [0.2, 0.25) is 0 Å². The molecule has 0 aromatic rings. The van der Waals surface area contributed by atoms with Gasteiger partial charge < -0.3 is 0 Å². The predicted molar refractivity (Wildman–Crippen MR) is 93.9 cm³/mol. The van der Waals surface area contributed by atoms with Crippen LogP contribution in [0.4, 0.5) is 0 Å². The highest BCUT2D eigenvalue weighted by Crippen LogP contribution is 2.36. The van der Waals surface area contributed by atoms with Gasteiger partial charge in [-0.2, -0.15) is 0 Å². The van der Waals surface area contributed by atoms with Gasteiger partial charge in [0, 0.05) is 5.41 Å². The molecular formula is C20H34. The van der Waals surface area contributed by atoms with E-state index in [-0.39, 0.29) is 5.41 Å². The van der Waals surface area contributed by atoms with Gasteiger partial charge in [-0.1, -0.05) is 82.2 Å². The van der Waals surface area contributed by atoms with Gasteiger partial charge in [-0.05, 0) is 39.0 Å². The van der Waals surface area contributed by atoms with Crippen molar-refractivity contribution in [3.8, 4) is 0 Å². The van der Waals surface area contributed by atoms with E-state index in [0.29, 0.717) is 5.92 Å². The van der Waals surface area contributed by atoms with Crippen molar-refractivity contribution in [2.75, 3.05) is 0 Å². The van der Waals surface area contributed by atoms with E-state index in [1.807, 2.05) is 0 Å². The van der Waals surface area contributed by atoms with Gasteiger partial charge in [-0.15, -0.1) is 0 Å². The minimum absolute atomic E-state index is 0.0554. The van der Waals surface area contributed by atoms with Gasteiger partial charge in [0.15, 0.2) is 0 Å². The Morgan fingerprint density at radius 2 is 1.75 bits per heavy atom. The molecule has 0 spiro atoms. The summed E-state index contributed by atoms with van der Waals surface area (Å²) in [5.41, 5.74) is 1.49. The van der Waals surface area contributed by atoms with Gasteiger partial charge in [0.1, 0.15) is 0 Å². The molecular weight excluding hydrogens is 240 g/mol. The third-order valence-corrected chi connectivity index (χ3v) is 3.67. The molecule has 0 aliphatic heterocycles. The zero-order chi connectivity index (χ0) is 15.4. The molecule has 1 atom stereocenters. The van der Waals surface area contributed by atoms with E-state index < -0.39 is 0 Å². The van der Waals surface area contributed by atoms with Gasteiger partial charge in [0.25, 0.3) is 0 Å². The Bertz CT molecular complexity index is 352. The molecule has 0 aromatic carbocycles. The number of hydrogen-bond donors (Lipinski definition) is 0. The van der Waals surface area contributed by atoms with E-state index in [4.69, 9.17) is 0 Å². The first-order chi connectivity index (χ1) is 9.52. The van der Waals surface area contributed by atoms with E-state index in [9.17, 15) is 0 Å². The van der Waals surface area contributed by atoms with Crippen molar-refractivity contribution in [3.63, 3.8) is 0 Å². The van der Waals surface area contributed by atoms with Crippen LogP contribution in [0.1, 0.15) is 67.2 Å². The summed E-state index contributed by atoms with van der Waals surface area (Å²) in [5.74, 6) is 0.591. The van der Waals surface area contributed by atoms with Gasteiger partial charge in [-0.3, -0.25) is 0 Å². The third kappa shape index (κ3) is 6.93. The third-order valence-electron chi connectivity index (χ3n) is 3.67. The van der Waals surface area contributed by atoms with Crippen LogP contribution in [-0.2, 0) is 0 Å². The van der Waals surface area contributed by atoms with Crippen molar-refractivity contribution in [1.29, 1.82) is 0 Å². The quantitative estimate of drug-likeness (QED) is 0.403. The highest BCUT2D eigenvalue weighted by atomic mass is 14.3. The van der Waals surface area contributed by atoms with E-state index in [0.717, 1.165) is 19.3 Å². The fourth-order valence-electron chi connectivity index (χ4n) is 2.15. The minimum Gasteiger partial charge on any atom is -0.0888 e. The molecule has 0 nitrogen and oxygen atoms in total. The largest absolute Gasteiger partial charge is 0.0888 e. The lowest BCUT2D eigenvalue weighted by atomic mass is 9.76. The van der Waals surface area contributed by atoms with Crippen LogP contribution in [0.5, 0.6) is 0 Å². The van der Waals surface area contributed by atoms with E-state index in [1.165, 1.54) is 12.0 Å². The normalized spacial score (nSPS) is 16.9. The maximum absolute atomic E-state index is 2.41. The van der Waals surface area contributed by atoms with Crippen molar-refractivity contribution in [2.24, 2.45) is 11.3 Å². The number of rotatable bonds is 9. The fourth-order valence-corrected chi connectivity index (χ4v) is 2.15. The molecule has 0 radical (unpaired) electrons. The Morgan fingerprint density at radius 3 is 2.25 bits per heavy atom. The van der Waals surface area contributed by atoms with E-state index in [2.05, 4.69) is 84.1 Å². The molecule has 0 N–H and O–H groups in total. The average Bonchev–Trinajstić information content (AvgIpc) is 2.43. The molecule has 0 heteroatoms. The second kappa shape index (κ2) is 10.7. The molecule has 0 aliphatic carbocycles. The zero-order valence-electron chi connectivity index (χ0n) is 14.4. The van der Waals surface area contributed by atoms with Crippen molar-refractivity contribution in [2.45, 2.75) is 67.2 Å². The molecule has 0 rings (SSSR count). The summed E-state index contributed by atoms with van der Waals surface area (Å²) in [6, 6.07) is 0. The van der Waals surface area contributed by atoms with Crippen molar-refractivity contribution in [3.05, 3.63) is 48.1 Å². The van der Waals surface area contributed by atoms with E-state index >= 15 is 0 Å². The molecule has 0 heterocycles. The van der Waals surface area contributed by atoms with Crippen molar-refractivity contribution in [1.82, 2.24) is 0 Å². The molecule has 0 aliphatic rings. The van der Waals surface area contributed by atoms with E-state index in [1.54, 1.807) is 0 Å². The molecule has 114 valence electrons. The van der Waals surface area contributed by atoms with Crippen LogP contribution in [-0.4, -0.2) is 0 Å². The fraction of sp³-hybridized carbons (Fsp3) is 0.600. The summed E-state index contributed by atoms with van der Waals surface area (Å²) in [5, 5.41) is 0. The van der Waals surface area contributed by atoms with Crippen LogP contribution in [0.25, 0.3) is 0 Å². The number of allylic oxidation sites excluding steroid dienone is 8. The Hall–Kier alpha value is -1.04. The lowest BCUT2D eigenvalue weighted by Gasteiger charge is -2.28. The lowest BCUT2D eigenvalue weighted by Crippen LogP contribution is -2.16. The first kappa shape index (κ1) is 19.0. The van der Waals surface area contributed by atoms with Crippen LogP contribution >= 0.6 is 0 Å². The molecule has 1 unspecified atom stereocenters. The second-order valence-electron chi connectivity index (χ2n) is 5.89. The maximum atomic E-state index is 2.41. The van der Waals surface area contributed by atoms with Crippen LogP contribution < -0.4 is 0 Å². The zero-order valence-corrected chi connectivity index (χ0v) is 14.4. The molecule has 0 amide bonds. The highest BCUT2D eigenvalue weighted by Gasteiger charge is 2.24. The van der Waals surface area contributed by atoms with Gasteiger partial charge in [0.05, 0.1) is 0 Å². The predicted octanol–water partition coefficient (Wildman–Crippen LogP) is 6.86. The van der Waals surface area contributed by atoms with Gasteiger partial charge >= 0.3 is 0 Å². The summed E-state index contributed by atoms with van der Waals surface area (Å²) < 4.78 is 0. The SMILES string of the molecule is CC=C(C)C(C=CCCC)(C=CC(C)C)CC=CCC. The summed E-state index contributed by atoms with van der Waals surface area (Å²) >= 11 is 0. The maximum Gasteiger partial charge on any atom is 0.0303 e. The number of unbranched alkanes of at least 4 members (excludes halogenated alkanes) is 1. The molecule has 0 fully saturated rings. The minimum atomic E-state index is 0.0554. The van der Waals surface area contributed by atoms with Crippen LogP contribution in [0, 0.1) is 11.3 Å². The molecule has 0 bridgehead atoms. The lowest BCUT2D eigenvalue weighted by molar-refractivity contribution is 0.584. The topological polar surface area (TPSA) is 0 Å². The summed E-state index contributed by atoms with van der Waals surface area (Å²) in [4.78, 5) is 0. The number of hydrogen-bond acceptors (Lipinski definition) is 0. The van der Waals surface area contributed by atoms with Crippen molar-refractivity contribution >= 4 is 0 Å². The van der Waals surface area contributed by atoms with Crippen molar-refractivity contribution < 1.29 is 0 Å². The van der Waals surface area contributed by atoms with Crippen LogP contribution in [0.3, 0.4) is 0 Å².